The molecule has 1 unspecified atom stereocenters. The van der Waals surface area contributed by atoms with E-state index in [4.69, 9.17) is 15.0 Å². The molecule has 0 aliphatic carbocycles. The molecule has 2 aromatic rings. The van der Waals surface area contributed by atoms with Crippen molar-refractivity contribution in [2.75, 3.05) is 18.2 Å². The number of aryl methyl sites for hydroxylation is 2. The number of hydrogen-bond acceptors (Lipinski definition) is 5. The fraction of sp³-hybridized carbons (Fsp3) is 0.357. The van der Waals surface area contributed by atoms with Gasteiger partial charge in [-0.05, 0) is 20.8 Å². The summed E-state index contributed by atoms with van der Waals surface area (Å²) in [6, 6.07) is 2.71. The van der Waals surface area contributed by atoms with E-state index in [2.05, 4.69) is 10.5 Å². The molecule has 0 spiro atoms. The van der Waals surface area contributed by atoms with E-state index >= 15 is 0 Å². The van der Waals surface area contributed by atoms with Gasteiger partial charge < -0.3 is 20.3 Å². The molecule has 1 atom stereocenters. The summed E-state index contributed by atoms with van der Waals surface area (Å²) in [6.07, 6.45) is 0. The van der Waals surface area contributed by atoms with E-state index in [9.17, 15) is 4.39 Å². The van der Waals surface area contributed by atoms with Crippen LogP contribution in [0.1, 0.15) is 30.0 Å². The standard InChI is InChI=1S/C14H18FN3O2/c1-7(14-8(2)18-20-9(14)3)17-12-6-13(19-4)10(15)5-11(12)16/h5-7,17H,16H2,1-4H3. The number of rotatable bonds is 4. The lowest BCUT2D eigenvalue weighted by atomic mass is 10.1. The van der Waals surface area contributed by atoms with Crippen LogP contribution in [0.15, 0.2) is 16.7 Å². The molecule has 3 N–H and O–H groups in total. The van der Waals surface area contributed by atoms with Crippen molar-refractivity contribution in [3.05, 3.63) is 35.0 Å². The molecular formula is C14H18FN3O2. The highest BCUT2D eigenvalue weighted by Crippen LogP contribution is 2.32. The lowest BCUT2D eigenvalue weighted by Crippen LogP contribution is -2.10. The molecular weight excluding hydrogens is 261 g/mol. The van der Waals surface area contributed by atoms with Crippen LogP contribution in [0.5, 0.6) is 5.75 Å². The Morgan fingerprint density at radius 2 is 2.10 bits per heavy atom. The number of halogens is 1. The van der Waals surface area contributed by atoms with Gasteiger partial charge in [-0.3, -0.25) is 0 Å². The summed E-state index contributed by atoms with van der Waals surface area (Å²) >= 11 is 0. The first-order valence-corrected chi connectivity index (χ1v) is 6.26. The van der Waals surface area contributed by atoms with Crippen LogP contribution in [-0.4, -0.2) is 12.3 Å². The highest BCUT2D eigenvalue weighted by molar-refractivity contribution is 5.69. The number of methoxy groups -OCH3 is 1. The van der Waals surface area contributed by atoms with Gasteiger partial charge in [0.1, 0.15) is 5.76 Å². The van der Waals surface area contributed by atoms with Crippen molar-refractivity contribution in [3.63, 3.8) is 0 Å². The maximum Gasteiger partial charge on any atom is 0.167 e. The quantitative estimate of drug-likeness (QED) is 0.841. The van der Waals surface area contributed by atoms with E-state index in [1.54, 1.807) is 6.07 Å². The average molecular weight is 279 g/mol. The molecule has 1 aromatic carbocycles. The fourth-order valence-electron chi connectivity index (χ4n) is 2.26. The first-order chi connectivity index (χ1) is 9.43. The van der Waals surface area contributed by atoms with Gasteiger partial charge in [0.2, 0.25) is 0 Å². The molecule has 108 valence electrons. The summed E-state index contributed by atoms with van der Waals surface area (Å²) in [6.45, 7) is 5.68. The van der Waals surface area contributed by atoms with Crippen LogP contribution in [-0.2, 0) is 0 Å². The van der Waals surface area contributed by atoms with Gasteiger partial charge >= 0.3 is 0 Å². The molecule has 0 aliphatic heterocycles. The monoisotopic (exact) mass is 279 g/mol. The molecule has 5 nitrogen and oxygen atoms in total. The van der Waals surface area contributed by atoms with Crippen LogP contribution in [0.25, 0.3) is 0 Å². The maximum atomic E-state index is 13.5. The van der Waals surface area contributed by atoms with Gasteiger partial charge in [0.15, 0.2) is 11.6 Å². The minimum absolute atomic E-state index is 0.0706. The van der Waals surface area contributed by atoms with Gasteiger partial charge in [-0.2, -0.15) is 0 Å². The Labute approximate surface area is 116 Å². The maximum absolute atomic E-state index is 13.5. The van der Waals surface area contributed by atoms with Crippen molar-refractivity contribution in [1.29, 1.82) is 0 Å². The number of benzene rings is 1. The van der Waals surface area contributed by atoms with Gasteiger partial charge in [0.05, 0.1) is 30.2 Å². The van der Waals surface area contributed by atoms with Crippen molar-refractivity contribution < 1.29 is 13.7 Å². The smallest absolute Gasteiger partial charge is 0.167 e. The summed E-state index contributed by atoms with van der Waals surface area (Å²) in [7, 11) is 1.41. The number of ether oxygens (including phenoxy) is 1. The van der Waals surface area contributed by atoms with Gasteiger partial charge in [0, 0.05) is 17.7 Å². The van der Waals surface area contributed by atoms with E-state index in [-0.39, 0.29) is 11.8 Å². The van der Waals surface area contributed by atoms with Crippen molar-refractivity contribution in [1.82, 2.24) is 5.16 Å². The average Bonchev–Trinajstić information content (AvgIpc) is 2.72. The number of nitrogens with zero attached hydrogens (tertiary/aromatic N) is 1. The Morgan fingerprint density at radius 1 is 1.40 bits per heavy atom. The van der Waals surface area contributed by atoms with Crippen molar-refractivity contribution >= 4 is 11.4 Å². The first kappa shape index (κ1) is 14.2. The molecule has 2 rings (SSSR count). The second-order valence-electron chi connectivity index (χ2n) is 4.68. The number of anilines is 2. The largest absolute Gasteiger partial charge is 0.494 e. The van der Waals surface area contributed by atoms with Crippen molar-refractivity contribution in [2.45, 2.75) is 26.8 Å². The molecule has 20 heavy (non-hydrogen) atoms. The lowest BCUT2D eigenvalue weighted by Gasteiger charge is -2.17. The minimum atomic E-state index is -0.486. The number of nitrogens with one attached hydrogen (secondary N) is 1. The molecule has 0 saturated heterocycles. The van der Waals surface area contributed by atoms with Gasteiger partial charge in [-0.1, -0.05) is 5.16 Å². The summed E-state index contributed by atoms with van der Waals surface area (Å²) in [5, 5.41) is 7.14. The van der Waals surface area contributed by atoms with Gasteiger partial charge in [-0.25, -0.2) is 4.39 Å². The van der Waals surface area contributed by atoms with Crippen molar-refractivity contribution in [2.24, 2.45) is 0 Å². The van der Waals surface area contributed by atoms with Gasteiger partial charge in [-0.15, -0.1) is 0 Å². The first-order valence-electron chi connectivity index (χ1n) is 6.26. The Kier molecular flexibility index (Phi) is 3.83. The van der Waals surface area contributed by atoms with Crippen LogP contribution < -0.4 is 15.8 Å². The minimum Gasteiger partial charge on any atom is -0.494 e. The summed E-state index contributed by atoms with van der Waals surface area (Å²) in [5.41, 5.74) is 8.53. The number of aromatic nitrogens is 1. The fourth-order valence-corrected chi connectivity index (χ4v) is 2.26. The predicted octanol–water partition coefficient (Wildman–Crippen LogP) is 3.19. The number of nitrogen functional groups attached to an aromatic ring is 1. The number of nitrogens with two attached hydrogens (primary N) is 1. The second kappa shape index (κ2) is 5.40. The SMILES string of the molecule is COc1cc(NC(C)c2c(C)noc2C)c(N)cc1F. The third kappa shape index (κ3) is 2.54. The van der Waals surface area contributed by atoms with Crippen LogP contribution >= 0.6 is 0 Å². The van der Waals surface area contributed by atoms with Crippen molar-refractivity contribution in [3.8, 4) is 5.75 Å². The highest BCUT2D eigenvalue weighted by atomic mass is 19.1. The van der Waals surface area contributed by atoms with E-state index < -0.39 is 5.82 Å². The molecule has 1 heterocycles. The number of hydrogen-bond donors (Lipinski definition) is 2. The Hall–Kier alpha value is -2.24. The third-order valence-corrected chi connectivity index (χ3v) is 3.22. The normalized spacial score (nSPS) is 12.2. The molecule has 0 fully saturated rings. The highest BCUT2D eigenvalue weighted by Gasteiger charge is 2.18. The molecule has 0 bridgehead atoms. The molecule has 0 radical (unpaired) electrons. The lowest BCUT2D eigenvalue weighted by molar-refractivity contribution is 0.387. The Morgan fingerprint density at radius 3 is 2.65 bits per heavy atom. The topological polar surface area (TPSA) is 73.3 Å². The van der Waals surface area contributed by atoms with E-state index in [1.165, 1.54) is 13.2 Å². The molecule has 6 heteroatoms. The van der Waals surface area contributed by atoms with E-state index in [1.807, 2.05) is 20.8 Å². The predicted molar refractivity (Wildman–Crippen MR) is 75.4 cm³/mol. The van der Waals surface area contributed by atoms with Crippen LogP contribution in [0, 0.1) is 19.7 Å². The summed E-state index contributed by atoms with van der Waals surface area (Å²) in [4.78, 5) is 0. The molecule has 0 saturated carbocycles. The Bertz CT molecular complexity index is 606. The Balaban J connectivity index is 2.30. The summed E-state index contributed by atoms with van der Waals surface area (Å²) in [5.74, 6) is 0.406. The van der Waals surface area contributed by atoms with Crippen LogP contribution in [0.3, 0.4) is 0 Å². The zero-order valence-electron chi connectivity index (χ0n) is 12.0. The molecule has 0 aliphatic rings. The molecule has 1 aromatic heterocycles. The third-order valence-electron chi connectivity index (χ3n) is 3.22. The van der Waals surface area contributed by atoms with Gasteiger partial charge in [0.25, 0.3) is 0 Å². The van der Waals surface area contributed by atoms with E-state index in [0.717, 1.165) is 17.0 Å². The van der Waals surface area contributed by atoms with Crippen LogP contribution in [0.2, 0.25) is 0 Å². The molecule has 0 amide bonds. The zero-order valence-corrected chi connectivity index (χ0v) is 12.0. The van der Waals surface area contributed by atoms with Crippen LogP contribution in [0.4, 0.5) is 15.8 Å². The summed E-state index contributed by atoms with van der Waals surface area (Å²) < 4.78 is 23.6. The van der Waals surface area contributed by atoms with E-state index in [0.29, 0.717) is 11.4 Å². The zero-order chi connectivity index (χ0) is 14.9. The second-order valence-corrected chi connectivity index (χ2v) is 4.68.